The molecule has 0 aliphatic carbocycles. The Morgan fingerprint density at radius 2 is 1.45 bits per heavy atom. The van der Waals surface area contributed by atoms with E-state index in [1.54, 1.807) is 0 Å². The molecule has 0 unspecified atom stereocenters. The van der Waals surface area contributed by atoms with Crippen molar-refractivity contribution in [1.82, 2.24) is 0 Å². The van der Waals surface area contributed by atoms with E-state index in [1.807, 2.05) is 20.8 Å². The minimum Gasteiger partial charge on any atom is -1.00 e. The van der Waals surface area contributed by atoms with Gasteiger partial charge in [-0.15, -0.1) is 0 Å². The molecular weight excluding hydrogens is 326 g/mol. The Balaban J connectivity index is 0. The molecule has 20 heavy (non-hydrogen) atoms. The lowest BCUT2D eigenvalue weighted by molar-refractivity contribution is -0.870. The van der Waals surface area contributed by atoms with Gasteiger partial charge < -0.3 is 35.7 Å². The Morgan fingerprint density at radius 3 is 1.90 bits per heavy atom. The van der Waals surface area contributed by atoms with Crippen LogP contribution in [0.3, 0.4) is 0 Å². The molecule has 0 rings (SSSR count). The second-order valence-corrected chi connectivity index (χ2v) is 6.58. The standard InChI is InChI=1S/C14H30NO4.BrH/c1-14(2,3)19-13(16)7-9-17-11-12-18-10-8-15(4,5)6;/h7-12H2,1-6H3;1H/q+1;/p-1. The lowest BCUT2D eigenvalue weighted by atomic mass is 10.2. The van der Waals surface area contributed by atoms with Gasteiger partial charge in [-0.05, 0) is 20.8 Å². The number of esters is 1. The predicted molar refractivity (Wildman–Crippen MR) is 75.0 cm³/mol. The van der Waals surface area contributed by atoms with Crippen molar-refractivity contribution < 1.29 is 40.5 Å². The maximum atomic E-state index is 11.4. The molecule has 6 heteroatoms. The van der Waals surface area contributed by atoms with E-state index >= 15 is 0 Å². The van der Waals surface area contributed by atoms with Gasteiger partial charge in [0.15, 0.2) is 0 Å². The summed E-state index contributed by atoms with van der Waals surface area (Å²) in [5.41, 5.74) is -0.425. The van der Waals surface area contributed by atoms with Crippen LogP contribution in [-0.4, -0.2) is 70.2 Å². The summed E-state index contributed by atoms with van der Waals surface area (Å²) < 4.78 is 16.8. The van der Waals surface area contributed by atoms with Crippen LogP contribution < -0.4 is 17.0 Å². The Labute approximate surface area is 133 Å². The normalized spacial score (nSPS) is 11.9. The molecule has 122 valence electrons. The van der Waals surface area contributed by atoms with Gasteiger partial charge in [-0.1, -0.05) is 0 Å². The molecule has 0 heterocycles. The molecule has 0 aliphatic heterocycles. The van der Waals surface area contributed by atoms with Crippen molar-refractivity contribution >= 4 is 5.97 Å². The molecular formula is C14H30BrNO4. The SMILES string of the molecule is CC(C)(C)OC(=O)CCOCCOCC[N+](C)(C)C.[Br-]. The minimum absolute atomic E-state index is 0. The van der Waals surface area contributed by atoms with Gasteiger partial charge in [-0.2, -0.15) is 0 Å². The summed E-state index contributed by atoms with van der Waals surface area (Å²) >= 11 is 0. The van der Waals surface area contributed by atoms with Crippen LogP contribution in [0.5, 0.6) is 0 Å². The largest absolute Gasteiger partial charge is 1.00 e. The first kappa shape index (κ1) is 22.1. The summed E-state index contributed by atoms with van der Waals surface area (Å²) in [6.45, 7) is 8.71. The van der Waals surface area contributed by atoms with Crippen molar-refractivity contribution in [2.75, 3.05) is 54.1 Å². The summed E-state index contributed by atoms with van der Waals surface area (Å²) in [6, 6.07) is 0. The van der Waals surface area contributed by atoms with Crippen LogP contribution in [0.2, 0.25) is 0 Å². The Bertz CT molecular complexity index is 259. The van der Waals surface area contributed by atoms with Crippen LogP contribution in [0.25, 0.3) is 0 Å². The minimum atomic E-state index is -0.425. The summed E-state index contributed by atoms with van der Waals surface area (Å²) in [5, 5.41) is 0. The summed E-state index contributed by atoms with van der Waals surface area (Å²) in [5.74, 6) is -0.224. The zero-order valence-corrected chi connectivity index (χ0v) is 15.3. The fourth-order valence-corrected chi connectivity index (χ4v) is 1.21. The van der Waals surface area contributed by atoms with E-state index in [2.05, 4.69) is 21.1 Å². The lowest BCUT2D eigenvalue weighted by Gasteiger charge is -2.23. The smallest absolute Gasteiger partial charge is 0.308 e. The highest BCUT2D eigenvalue weighted by atomic mass is 79.9. The highest BCUT2D eigenvalue weighted by Crippen LogP contribution is 2.07. The van der Waals surface area contributed by atoms with Gasteiger partial charge >= 0.3 is 5.97 Å². The molecule has 0 aromatic heterocycles. The number of hydrogen-bond donors (Lipinski definition) is 0. The van der Waals surface area contributed by atoms with Crippen molar-refractivity contribution in [3.8, 4) is 0 Å². The zero-order chi connectivity index (χ0) is 14.9. The number of quaternary nitrogens is 1. The maximum Gasteiger partial charge on any atom is 0.308 e. The molecule has 0 aliphatic rings. The van der Waals surface area contributed by atoms with Gasteiger partial charge in [0.2, 0.25) is 0 Å². The predicted octanol–water partition coefficient (Wildman–Crippen LogP) is -1.54. The summed E-state index contributed by atoms with van der Waals surface area (Å²) in [6.07, 6.45) is 0.288. The third-order valence-corrected chi connectivity index (χ3v) is 2.15. The second-order valence-electron chi connectivity index (χ2n) is 6.58. The number of likely N-dealkylation sites (N-methyl/N-ethyl adjacent to an activating group) is 1. The van der Waals surface area contributed by atoms with Crippen molar-refractivity contribution in [1.29, 1.82) is 0 Å². The quantitative estimate of drug-likeness (QED) is 0.286. The van der Waals surface area contributed by atoms with E-state index in [0.29, 0.717) is 19.8 Å². The van der Waals surface area contributed by atoms with Crippen molar-refractivity contribution in [2.45, 2.75) is 32.8 Å². The number of hydrogen-bond acceptors (Lipinski definition) is 4. The van der Waals surface area contributed by atoms with E-state index in [-0.39, 0.29) is 29.4 Å². The maximum absolute atomic E-state index is 11.4. The fourth-order valence-electron chi connectivity index (χ4n) is 1.21. The number of nitrogens with zero attached hydrogens (tertiary/aromatic N) is 1. The molecule has 5 nitrogen and oxygen atoms in total. The van der Waals surface area contributed by atoms with Crippen LogP contribution >= 0.6 is 0 Å². The molecule has 0 spiro atoms. The van der Waals surface area contributed by atoms with Crippen molar-refractivity contribution in [2.24, 2.45) is 0 Å². The third-order valence-electron chi connectivity index (χ3n) is 2.15. The van der Waals surface area contributed by atoms with Crippen LogP contribution in [0.15, 0.2) is 0 Å². The Morgan fingerprint density at radius 1 is 0.950 bits per heavy atom. The van der Waals surface area contributed by atoms with Crippen LogP contribution in [0.1, 0.15) is 27.2 Å². The second kappa shape index (κ2) is 10.5. The van der Waals surface area contributed by atoms with Gasteiger partial charge in [0, 0.05) is 0 Å². The van der Waals surface area contributed by atoms with Crippen LogP contribution in [0.4, 0.5) is 0 Å². The number of carbonyl (C=O) groups is 1. The Hall–Kier alpha value is -0.170. The molecule has 0 radical (unpaired) electrons. The first-order valence-corrected chi connectivity index (χ1v) is 6.78. The van der Waals surface area contributed by atoms with Crippen LogP contribution in [0, 0.1) is 0 Å². The molecule has 0 bridgehead atoms. The molecule has 0 atom stereocenters. The summed E-state index contributed by atoms with van der Waals surface area (Å²) in [7, 11) is 6.38. The monoisotopic (exact) mass is 355 g/mol. The van der Waals surface area contributed by atoms with Crippen LogP contribution in [-0.2, 0) is 19.0 Å². The molecule has 0 saturated carbocycles. The molecule has 0 N–H and O–H groups in total. The van der Waals surface area contributed by atoms with E-state index < -0.39 is 5.60 Å². The van der Waals surface area contributed by atoms with E-state index in [1.165, 1.54) is 0 Å². The highest BCUT2D eigenvalue weighted by molar-refractivity contribution is 5.69. The van der Waals surface area contributed by atoms with E-state index in [4.69, 9.17) is 14.2 Å². The molecule has 0 aromatic carbocycles. The molecule has 0 aromatic rings. The van der Waals surface area contributed by atoms with Gasteiger partial charge in [0.25, 0.3) is 0 Å². The average Bonchev–Trinajstić information content (AvgIpc) is 2.17. The van der Waals surface area contributed by atoms with Gasteiger partial charge in [0.05, 0.1) is 54.0 Å². The fraction of sp³-hybridized carbons (Fsp3) is 0.929. The average molecular weight is 356 g/mol. The Kier molecular flexibility index (Phi) is 11.7. The summed E-state index contributed by atoms with van der Waals surface area (Å²) in [4.78, 5) is 11.4. The number of ether oxygens (including phenoxy) is 3. The number of rotatable bonds is 9. The number of halogens is 1. The molecule has 0 saturated heterocycles. The third kappa shape index (κ3) is 17.8. The zero-order valence-electron chi connectivity index (χ0n) is 13.7. The topological polar surface area (TPSA) is 44.8 Å². The van der Waals surface area contributed by atoms with E-state index in [0.717, 1.165) is 17.6 Å². The highest BCUT2D eigenvalue weighted by Gasteiger charge is 2.15. The van der Waals surface area contributed by atoms with E-state index in [9.17, 15) is 4.79 Å². The lowest BCUT2D eigenvalue weighted by Crippen LogP contribution is -3.00. The van der Waals surface area contributed by atoms with Gasteiger partial charge in [-0.3, -0.25) is 4.79 Å². The van der Waals surface area contributed by atoms with Crippen molar-refractivity contribution in [3.05, 3.63) is 0 Å². The number of carbonyl (C=O) groups excluding carboxylic acids is 1. The van der Waals surface area contributed by atoms with Gasteiger partial charge in [-0.25, -0.2) is 0 Å². The molecule has 0 fully saturated rings. The first-order chi connectivity index (χ1) is 8.60. The first-order valence-electron chi connectivity index (χ1n) is 6.78. The van der Waals surface area contributed by atoms with Crippen molar-refractivity contribution in [3.63, 3.8) is 0 Å². The molecule has 0 amide bonds. The van der Waals surface area contributed by atoms with Gasteiger partial charge in [0.1, 0.15) is 12.1 Å².